The number of aliphatic carboxylic acids is 1. The molecule has 0 spiro atoms. The first-order chi connectivity index (χ1) is 7.77. The molecule has 0 bridgehead atoms. The molecule has 2 aromatic rings. The lowest BCUT2D eigenvalue weighted by atomic mass is 9.99. The van der Waals surface area contributed by atoms with Gasteiger partial charge in [-0.25, -0.2) is 0 Å². The molecule has 4 nitrogen and oxygen atoms in total. The van der Waals surface area contributed by atoms with Gasteiger partial charge in [0.05, 0.1) is 12.0 Å². The highest BCUT2D eigenvalue weighted by atomic mass is 16.4. The van der Waals surface area contributed by atoms with Crippen LogP contribution in [-0.2, 0) is 11.2 Å². The van der Waals surface area contributed by atoms with Crippen molar-refractivity contribution < 1.29 is 9.90 Å². The van der Waals surface area contributed by atoms with Crippen molar-refractivity contribution in [2.24, 2.45) is 0 Å². The van der Waals surface area contributed by atoms with Gasteiger partial charge in [-0.05, 0) is 18.1 Å². The van der Waals surface area contributed by atoms with Gasteiger partial charge in [-0.3, -0.25) is 0 Å². The van der Waals surface area contributed by atoms with Gasteiger partial charge in [-0.2, -0.15) is 0 Å². The van der Waals surface area contributed by atoms with Crippen LogP contribution in [0.3, 0.4) is 0 Å². The van der Waals surface area contributed by atoms with Crippen molar-refractivity contribution >= 4 is 16.9 Å². The minimum absolute atomic E-state index is 0.674. The number of carboxylic acids is 1. The van der Waals surface area contributed by atoms with Crippen LogP contribution in [0.1, 0.15) is 17.3 Å². The predicted molar refractivity (Wildman–Crippen MR) is 57.8 cm³/mol. The lowest BCUT2D eigenvalue weighted by molar-refractivity contribution is -0.309. The van der Waals surface area contributed by atoms with Crippen LogP contribution in [0, 0.1) is 0 Å². The number of H-pyrrole nitrogens is 1. The highest BCUT2D eigenvalue weighted by Gasteiger charge is 2.24. The van der Waals surface area contributed by atoms with Crippen molar-refractivity contribution in [3.8, 4) is 0 Å². The normalized spacial score (nSPS) is 19.6. The smallest absolute Gasteiger partial charge is 0.0878 e. The monoisotopic (exact) mass is 215 g/mol. The Morgan fingerprint density at radius 2 is 2.19 bits per heavy atom. The maximum absolute atomic E-state index is 11.0. The molecule has 1 aliphatic heterocycles. The van der Waals surface area contributed by atoms with Crippen molar-refractivity contribution in [1.82, 2.24) is 10.3 Å². The van der Waals surface area contributed by atoms with E-state index in [9.17, 15) is 9.90 Å². The maximum Gasteiger partial charge on any atom is 0.0878 e. The first-order valence-electron chi connectivity index (χ1n) is 5.31. The van der Waals surface area contributed by atoms with E-state index in [1.165, 1.54) is 0 Å². The Balaban J connectivity index is 2.25. The number of benzene rings is 1. The maximum atomic E-state index is 11.0. The molecule has 1 atom stereocenters. The summed E-state index contributed by atoms with van der Waals surface area (Å²) < 4.78 is 0. The molecule has 0 fully saturated rings. The van der Waals surface area contributed by atoms with Crippen LogP contribution in [0.4, 0.5) is 0 Å². The molecule has 3 rings (SSSR count). The Labute approximate surface area is 92.3 Å². The molecule has 2 heterocycles. The van der Waals surface area contributed by atoms with Crippen molar-refractivity contribution in [3.63, 3.8) is 0 Å². The van der Waals surface area contributed by atoms with Gasteiger partial charge >= 0.3 is 0 Å². The van der Waals surface area contributed by atoms with Crippen molar-refractivity contribution in [2.75, 3.05) is 6.54 Å². The van der Waals surface area contributed by atoms with E-state index in [1.807, 2.05) is 24.3 Å². The summed E-state index contributed by atoms with van der Waals surface area (Å²) in [7, 11) is 0. The molecule has 0 saturated heterocycles. The van der Waals surface area contributed by atoms with Crippen LogP contribution in [-0.4, -0.2) is 17.5 Å². The zero-order chi connectivity index (χ0) is 11.1. The van der Waals surface area contributed by atoms with E-state index in [0.29, 0.717) is 6.54 Å². The molecular formula is C12H11N2O2-. The van der Waals surface area contributed by atoms with Gasteiger partial charge < -0.3 is 20.2 Å². The summed E-state index contributed by atoms with van der Waals surface area (Å²) in [6.07, 6.45) is 0.850. The number of carboxylic acid groups (broad SMARTS) is 1. The zero-order valence-electron chi connectivity index (χ0n) is 8.62. The minimum Gasteiger partial charge on any atom is -0.548 e. The second-order valence-electron chi connectivity index (χ2n) is 4.02. The minimum atomic E-state index is -1.08. The number of rotatable bonds is 1. The number of carbonyl (C=O) groups is 1. The summed E-state index contributed by atoms with van der Waals surface area (Å²) in [5.41, 5.74) is 2.83. The molecule has 4 heteroatoms. The van der Waals surface area contributed by atoms with E-state index in [4.69, 9.17) is 0 Å². The van der Waals surface area contributed by atoms with Crippen LogP contribution < -0.4 is 10.4 Å². The number of aromatic amines is 1. The Morgan fingerprint density at radius 3 is 3.00 bits per heavy atom. The second-order valence-corrected chi connectivity index (χ2v) is 4.02. The third-order valence-corrected chi connectivity index (χ3v) is 3.09. The van der Waals surface area contributed by atoms with Crippen molar-refractivity contribution in [2.45, 2.75) is 12.5 Å². The zero-order valence-corrected chi connectivity index (χ0v) is 8.62. The molecule has 2 N–H and O–H groups in total. The SMILES string of the molecule is O=C([O-])C1NCCc2c1[nH]c1ccccc21. The molecule has 1 aromatic carbocycles. The number of hydrogen-bond acceptors (Lipinski definition) is 3. The molecule has 1 aromatic heterocycles. The van der Waals surface area contributed by atoms with Crippen molar-refractivity contribution in [3.05, 3.63) is 35.5 Å². The Hall–Kier alpha value is -1.81. The fourth-order valence-electron chi connectivity index (χ4n) is 2.38. The molecule has 0 saturated carbocycles. The molecule has 16 heavy (non-hydrogen) atoms. The van der Waals surface area contributed by atoms with Gasteiger partial charge in [-0.15, -0.1) is 0 Å². The summed E-state index contributed by atoms with van der Waals surface area (Å²) in [4.78, 5) is 14.2. The molecule has 1 unspecified atom stereocenters. The fourth-order valence-corrected chi connectivity index (χ4v) is 2.38. The summed E-state index contributed by atoms with van der Waals surface area (Å²) >= 11 is 0. The Kier molecular flexibility index (Phi) is 1.97. The second kappa shape index (κ2) is 3.35. The molecule has 1 aliphatic rings. The third kappa shape index (κ3) is 1.23. The van der Waals surface area contributed by atoms with E-state index in [0.717, 1.165) is 28.6 Å². The average molecular weight is 215 g/mol. The number of fused-ring (bicyclic) bond motifs is 3. The lowest BCUT2D eigenvalue weighted by Crippen LogP contribution is -2.42. The van der Waals surface area contributed by atoms with Crippen LogP contribution >= 0.6 is 0 Å². The lowest BCUT2D eigenvalue weighted by Gasteiger charge is -2.24. The summed E-state index contributed by atoms with van der Waals surface area (Å²) in [5.74, 6) is -1.08. The number of aromatic nitrogens is 1. The highest BCUT2D eigenvalue weighted by Crippen LogP contribution is 2.29. The molecule has 0 amide bonds. The topological polar surface area (TPSA) is 67.9 Å². The van der Waals surface area contributed by atoms with E-state index < -0.39 is 12.0 Å². The standard InChI is InChI=1S/C12H12N2O2/c15-12(16)11-10-8(5-6-13-11)7-3-1-2-4-9(7)14-10/h1-4,11,13-14H,5-6H2,(H,15,16)/p-1. The number of hydrogen-bond donors (Lipinski definition) is 2. The number of carbonyl (C=O) groups excluding carboxylic acids is 1. The van der Waals surface area contributed by atoms with E-state index in [2.05, 4.69) is 10.3 Å². The van der Waals surface area contributed by atoms with Gasteiger partial charge in [0.25, 0.3) is 0 Å². The van der Waals surface area contributed by atoms with Crippen molar-refractivity contribution in [1.29, 1.82) is 0 Å². The van der Waals surface area contributed by atoms with Gasteiger partial charge in [0.15, 0.2) is 0 Å². The van der Waals surface area contributed by atoms with Crippen LogP contribution in [0.15, 0.2) is 24.3 Å². The first kappa shape index (κ1) is 9.42. The van der Waals surface area contributed by atoms with Gasteiger partial charge in [0.1, 0.15) is 0 Å². The van der Waals surface area contributed by atoms with Crippen LogP contribution in [0.5, 0.6) is 0 Å². The van der Waals surface area contributed by atoms with Gasteiger partial charge in [-0.1, -0.05) is 18.2 Å². The predicted octanol–water partition coefficient (Wildman–Crippen LogP) is 0.105. The summed E-state index contributed by atoms with van der Waals surface area (Å²) in [6.45, 7) is 0.674. The first-order valence-corrected chi connectivity index (χ1v) is 5.31. The quantitative estimate of drug-likeness (QED) is 0.709. The molecule has 0 aliphatic carbocycles. The number of nitrogens with one attached hydrogen (secondary N) is 2. The summed E-state index contributed by atoms with van der Waals surface area (Å²) in [6, 6.07) is 7.16. The Bertz CT molecular complexity index is 559. The molecule has 0 radical (unpaired) electrons. The third-order valence-electron chi connectivity index (χ3n) is 3.09. The van der Waals surface area contributed by atoms with Crippen LogP contribution in [0.25, 0.3) is 10.9 Å². The highest BCUT2D eigenvalue weighted by molar-refractivity contribution is 5.87. The number of para-hydroxylation sites is 1. The van der Waals surface area contributed by atoms with Gasteiger partial charge in [0.2, 0.25) is 0 Å². The fraction of sp³-hybridized carbons (Fsp3) is 0.250. The summed E-state index contributed by atoms with van der Waals surface area (Å²) in [5, 5.41) is 15.1. The van der Waals surface area contributed by atoms with Gasteiger partial charge in [0, 0.05) is 23.1 Å². The average Bonchev–Trinajstić information content (AvgIpc) is 2.67. The van der Waals surface area contributed by atoms with Crippen LogP contribution in [0.2, 0.25) is 0 Å². The Morgan fingerprint density at radius 1 is 1.38 bits per heavy atom. The largest absolute Gasteiger partial charge is 0.548 e. The molecule has 82 valence electrons. The van der Waals surface area contributed by atoms with E-state index in [1.54, 1.807) is 0 Å². The van der Waals surface area contributed by atoms with E-state index in [-0.39, 0.29) is 0 Å². The van der Waals surface area contributed by atoms with E-state index >= 15 is 0 Å². The molecular weight excluding hydrogens is 204 g/mol.